The maximum atomic E-state index is 5.93. The number of anilines is 1. The molecule has 0 spiro atoms. The maximum Gasteiger partial charge on any atom is 0.166 e. The second-order valence-corrected chi connectivity index (χ2v) is 8.16. The molecule has 1 unspecified atom stereocenters. The van der Waals surface area contributed by atoms with E-state index in [0.717, 1.165) is 52.9 Å². The first-order valence-corrected chi connectivity index (χ1v) is 10.9. The van der Waals surface area contributed by atoms with E-state index in [1.807, 2.05) is 43.5 Å². The molecule has 1 aromatic carbocycles. The van der Waals surface area contributed by atoms with Crippen molar-refractivity contribution < 1.29 is 4.74 Å². The Bertz CT molecular complexity index is 1300. The average molecular weight is 425 g/mol. The van der Waals surface area contributed by atoms with Crippen molar-refractivity contribution in [3.8, 4) is 28.3 Å². The summed E-state index contributed by atoms with van der Waals surface area (Å²) in [5.74, 6) is 3.26. The third-order valence-corrected chi connectivity index (χ3v) is 6.49. The molecular formula is C24H23N7O. The lowest BCUT2D eigenvalue weighted by Gasteiger charge is -2.49. The number of fused-ring (bicyclic) bond motifs is 6. The van der Waals surface area contributed by atoms with Crippen LogP contribution in [0, 0.1) is 6.92 Å². The number of ether oxygens (including phenoxy) is 1. The summed E-state index contributed by atoms with van der Waals surface area (Å²) in [6, 6.07) is 14.1. The quantitative estimate of drug-likeness (QED) is 0.496. The van der Waals surface area contributed by atoms with Crippen LogP contribution in [0.2, 0.25) is 0 Å². The molecule has 5 heterocycles. The van der Waals surface area contributed by atoms with Gasteiger partial charge in [0.2, 0.25) is 0 Å². The van der Waals surface area contributed by atoms with Crippen LogP contribution in [0.15, 0.2) is 54.9 Å². The third kappa shape index (κ3) is 2.62. The second kappa shape index (κ2) is 7.20. The minimum atomic E-state index is -0.394. The summed E-state index contributed by atoms with van der Waals surface area (Å²) in [6.07, 6.45) is 4.53. The molecule has 0 bridgehead atoms. The molecule has 8 nitrogen and oxygen atoms in total. The number of rotatable bonds is 3. The van der Waals surface area contributed by atoms with Crippen LogP contribution in [0.4, 0.5) is 5.82 Å². The minimum absolute atomic E-state index is 0.394. The van der Waals surface area contributed by atoms with Gasteiger partial charge >= 0.3 is 0 Å². The first-order chi connectivity index (χ1) is 15.7. The molecule has 160 valence electrons. The number of morpholine rings is 1. The molecule has 2 aliphatic rings. The summed E-state index contributed by atoms with van der Waals surface area (Å²) >= 11 is 0. The number of aromatic nitrogens is 6. The van der Waals surface area contributed by atoms with E-state index in [-0.39, 0.29) is 0 Å². The van der Waals surface area contributed by atoms with E-state index >= 15 is 0 Å². The topological polar surface area (TPSA) is 81.9 Å². The van der Waals surface area contributed by atoms with Gasteiger partial charge in [0.1, 0.15) is 17.1 Å². The summed E-state index contributed by atoms with van der Waals surface area (Å²) in [4.78, 5) is 16.9. The molecule has 4 aromatic rings. The molecule has 2 aliphatic heterocycles. The summed E-state index contributed by atoms with van der Waals surface area (Å²) in [5.41, 5.74) is 3.32. The molecule has 1 atom stereocenters. The first kappa shape index (κ1) is 19.1. The van der Waals surface area contributed by atoms with Gasteiger partial charge < -0.3 is 9.64 Å². The lowest BCUT2D eigenvalue weighted by atomic mass is 9.90. The highest BCUT2D eigenvalue weighted by Crippen LogP contribution is 2.45. The van der Waals surface area contributed by atoms with E-state index in [9.17, 15) is 0 Å². The van der Waals surface area contributed by atoms with Crippen LogP contribution in [0.3, 0.4) is 0 Å². The molecule has 6 rings (SSSR count). The van der Waals surface area contributed by atoms with E-state index < -0.39 is 5.54 Å². The van der Waals surface area contributed by atoms with Crippen LogP contribution >= 0.6 is 0 Å². The molecule has 0 amide bonds. The first-order valence-electron chi connectivity index (χ1n) is 10.9. The van der Waals surface area contributed by atoms with Crippen molar-refractivity contribution in [2.24, 2.45) is 0 Å². The van der Waals surface area contributed by atoms with Gasteiger partial charge in [0.05, 0.1) is 25.1 Å². The number of hydrogen-bond donors (Lipinski definition) is 0. The van der Waals surface area contributed by atoms with E-state index in [0.29, 0.717) is 19.0 Å². The largest absolute Gasteiger partial charge is 0.377 e. The van der Waals surface area contributed by atoms with E-state index in [1.54, 1.807) is 6.20 Å². The average Bonchev–Trinajstić information content (AvgIpc) is 3.26. The van der Waals surface area contributed by atoms with Crippen molar-refractivity contribution in [1.29, 1.82) is 0 Å². The van der Waals surface area contributed by atoms with Crippen LogP contribution in [-0.4, -0.2) is 49.5 Å². The number of benzene rings is 1. The molecule has 3 aromatic heterocycles. The number of pyridine rings is 1. The van der Waals surface area contributed by atoms with Gasteiger partial charge in [-0.2, -0.15) is 0 Å². The summed E-state index contributed by atoms with van der Waals surface area (Å²) < 4.78 is 8.01. The van der Waals surface area contributed by atoms with Gasteiger partial charge in [-0.15, -0.1) is 10.2 Å². The summed E-state index contributed by atoms with van der Waals surface area (Å²) in [7, 11) is 0. The summed E-state index contributed by atoms with van der Waals surface area (Å²) in [6.45, 7) is 6.07. The van der Waals surface area contributed by atoms with E-state index in [1.165, 1.54) is 0 Å². The van der Waals surface area contributed by atoms with Gasteiger partial charge in [0.15, 0.2) is 17.5 Å². The van der Waals surface area contributed by atoms with Crippen molar-refractivity contribution >= 4 is 5.82 Å². The van der Waals surface area contributed by atoms with Crippen molar-refractivity contribution in [2.75, 3.05) is 24.7 Å². The van der Waals surface area contributed by atoms with Crippen molar-refractivity contribution in [2.45, 2.75) is 25.8 Å². The Hall–Kier alpha value is -3.65. The highest BCUT2D eigenvalue weighted by Gasteiger charge is 2.49. The van der Waals surface area contributed by atoms with Crippen molar-refractivity contribution in [3.05, 3.63) is 66.5 Å². The lowest BCUT2D eigenvalue weighted by Crippen LogP contribution is -2.58. The van der Waals surface area contributed by atoms with Gasteiger partial charge in [0, 0.05) is 23.9 Å². The maximum absolute atomic E-state index is 5.93. The lowest BCUT2D eigenvalue weighted by molar-refractivity contribution is 0.0390. The highest BCUT2D eigenvalue weighted by molar-refractivity contribution is 5.78. The predicted octanol–water partition coefficient (Wildman–Crippen LogP) is 3.55. The number of hydrogen-bond acceptors (Lipinski definition) is 7. The zero-order chi connectivity index (χ0) is 21.7. The molecule has 0 radical (unpaired) electrons. The SMILES string of the molecule is CCC12COCCN1c1nc(-c3cccnc3-c3ccccc3)ncc1-n1c(C)nnc12. The molecule has 1 fully saturated rings. The summed E-state index contributed by atoms with van der Waals surface area (Å²) in [5, 5.41) is 8.92. The van der Waals surface area contributed by atoms with Crippen LogP contribution in [0.5, 0.6) is 0 Å². The number of aryl methyl sites for hydroxylation is 1. The fourth-order valence-electron chi connectivity index (χ4n) is 4.85. The van der Waals surface area contributed by atoms with E-state index in [4.69, 9.17) is 14.7 Å². The van der Waals surface area contributed by atoms with E-state index in [2.05, 4.69) is 43.7 Å². The van der Waals surface area contributed by atoms with Crippen LogP contribution in [-0.2, 0) is 10.3 Å². The highest BCUT2D eigenvalue weighted by atomic mass is 16.5. The van der Waals surface area contributed by atoms with Gasteiger partial charge in [0.25, 0.3) is 0 Å². The van der Waals surface area contributed by atoms with Crippen molar-refractivity contribution in [1.82, 2.24) is 29.7 Å². The van der Waals surface area contributed by atoms with Gasteiger partial charge in [-0.25, -0.2) is 9.97 Å². The van der Waals surface area contributed by atoms with Crippen LogP contribution < -0.4 is 4.90 Å². The molecule has 0 saturated carbocycles. The Morgan fingerprint density at radius 2 is 1.94 bits per heavy atom. The van der Waals surface area contributed by atoms with Gasteiger partial charge in [-0.3, -0.25) is 9.55 Å². The monoisotopic (exact) mass is 425 g/mol. The Morgan fingerprint density at radius 3 is 2.78 bits per heavy atom. The predicted molar refractivity (Wildman–Crippen MR) is 120 cm³/mol. The Balaban J connectivity index is 1.57. The second-order valence-electron chi connectivity index (χ2n) is 8.16. The molecule has 32 heavy (non-hydrogen) atoms. The Kier molecular flexibility index (Phi) is 4.29. The zero-order valence-electron chi connectivity index (χ0n) is 18.1. The third-order valence-electron chi connectivity index (χ3n) is 6.49. The molecule has 0 aliphatic carbocycles. The minimum Gasteiger partial charge on any atom is -0.377 e. The van der Waals surface area contributed by atoms with Gasteiger partial charge in [-0.1, -0.05) is 37.3 Å². The van der Waals surface area contributed by atoms with Gasteiger partial charge in [-0.05, 0) is 25.5 Å². The molecule has 1 saturated heterocycles. The molecule has 0 N–H and O–H groups in total. The molecule has 8 heteroatoms. The van der Waals surface area contributed by atoms with Crippen molar-refractivity contribution in [3.63, 3.8) is 0 Å². The fraction of sp³-hybridized carbons (Fsp3) is 0.292. The molecular weight excluding hydrogens is 402 g/mol. The van der Waals surface area contributed by atoms with Crippen LogP contribution in [0.1, 0.15) is 25.0 Å². The number of nitrogens with zero attached hydrogens (tertiary/aromatic N) is 7. The normalized spacial score (nSPS) is 19.2. The van der Waals surface area contributed by atoms with Crippen LogP contribution in [0.25, 0.3) is 28.3 Å². The fourth-order valence-corrected chi connectivity index (χ4v) is 4.85. The Morgan fingerprint density at radius 1 is 1.06 bits per heavy atom. The zero-order valence-corrected chi connectivity index (χ0v) is 18.1. The standard InChI is InChI=1S/C24H23N7O/c1-3-24-15-32-13-12-30(24)22-19(31-16(2)28-29-23(24)31)14-26-21(27-22)18-10-7-11-25-20(18)17-8-5-4-6-9-17/h4-11,14H,3,12-13,15H2,1-2H3. The Labute approximate surface area is 186 Å². The smallest absolute Gasteiger partial charge is 0.166 e.